The summed E-state index contributed by atoms with van der Waals surface area (Å²) in [6.07, 6.45) is 0.640. The molecule has 0 bridgehead atoms. The van der Waals surface area contributed by atoms with Crippen molar-refractivity contribution >= 4 is 34.2 Å². The van der Waals surface area contributed by atoms with Crippen LogP contribution in [-0.2, 0) is 0 Å². The van der Waals surface area contributed by atoms with Gasteiger partial charge in [0, 0.05) is 28.3 Å². The van der Waals surface area contributed by atoms with Gasteiger partial charge in [-0.3, -0.25) is 0 Å². The van der Waals surface area contributed by atoms with E-state index < -0.39 is 7.05 Å². The van der Waals surface area contributed by atoms with Crippen LogP contribution in [0.15, 0.2) is 48.5 Å². The number of thiophene rings is 1. The Kier molecular flexibility index (Phi) is 5.63. The molecule has 0 radical (unpaired) electrons. The minimum atomic E-state index is -0.514. The van der Waals surface area contributed by atoms with E-state index in [4.69, 9.17) is 9.84 Å². The van der Waals surface area contributed by atoms with Crippen molar-refractivity contribution in [3.8, 4) is 16.2 Å². The number of hydrogen-bond acceptors (Lipinski definition) is 5. The highest BCUT2D eigenvalue weighted by molar-refractivity contribution is 7.22. The van der Waals surface area contributed by atoms with Crippen LogP contribution in [-0.4, -0.2) is 37.4 Å². The number of rotatable bonds is 7. The Labute approximate surface area is 152 Å². The zero-order chi connectivity index (χ0) is 17.8. The van der Waals surface area contributed by atoms with E-state index in [1.165, 1.54) is 15.0 Å². The normalized spacial score (nSPS) is 10.9. The molecule has 0 saturated heterocycles. The van der Waals surface area contributed by atoms with Crippen LogP contribution in [0.1, 0.15) is 6.42 Å². The first-order chi connectivity index (χ1) is 12.1. The van der Waals surface area contributed by atoms with Crippen molar-refractivity contribution in [3.63, 3.8) is 0 Å². The largest absolute Gasteiger partial charge is 0.493 e. The van der Waals surface area contributed by atoms with Crippen LogP contribution in [0.2, 0.25) is 6.82 Å². The van der Waals surface area contributed by atoms with Crippen molar-refractivity contribution in [2.45, 2.75) is 13.2 Å². The fourth-order valence-corrected chi connectivity index (χ4v) is 3.67. The fraction of sp³-hybridized carbons (Fsp3) is 0.263. The maximum absolute atomic E-state index is 9.66. The molecule has 6 heteroatoms. The smallest absolute Gasteiger partial charge is 0.409 e. The molecule has 130 valence electrons. The minimum absolute atomic E-state index is 0.144. The summed E-state index contributed by atoms with van der Waals surface area (Å²) in [6.45, 7) is 2.42. The monoisotopic (exact) mass is 355 g/mol. The van der Waals surface area contributed by atoms with E-state index in [2.05, 4.69) is 30.3 Å². The molecule has 0 saturated carbocycles. The van der Waals surface area contributed by atoms with Crippen LogP contribution < -0.4 is 9.55 Å². The number of hydrogen-bond donors (Lipinski definition) is 2. The van der Waals surface area contributed by atoms with E-state index in [0.717, 1.165) is 17.0 Å². The molecule has 0 aliphatic heterocycles. The molecule has 0 unspecified atom stereocenters. The molecule has 0 aliphatic carbocycles. The molecule has 3 aromatic rings. The first-order valence-corrected chi connectivity index (χ1v) is 9.19. The first kappa shape index (κ1) is 17.8. The van der Waals surface area contributed by atoms with Crippen LogP contribution in [0.3, 0.4) is 0 Å². The van der Waals surface area contributed by atoms with E-state index in [-0.39, 0.29) is 6.61 Å². The SMILES string of the molecule is CB(O)N(C)c1ccc(-c2cc3ccc(OCCCO)cc3s2)cc1. The predicted molar refractivity (Wildman–Crippen MR) is 107 cm³/mol. The van der Waals surface area contributed by atoms with Crippen LogP contribution in [0.25, 0.3) is 20.5 Å². The zero-order valence-electron chi connectivity index (χ0n) is 14.5. The van der Waals surface area contributed by atoms with Gasteiger partial charge in [0.15, 0.2) is 0 Å². The first-order valence-electron chi connectivity index (χ1n) is 8.37. The average molecular weight is 355 g/mol. The number of fused-ring (bicyclic) bond motifs is 1. The quantitative estimate of drug-likeness (QED) is 0.499. The molecule has 0 atom stereocenters. The third-order valence-electron chi connectivity index (χ3n) is 4.18. The van der Waals surface area contributed by atoms with Crippen molar-refractivity contribution < 1.29 is 14.9 Å². The molecule has 0 spiro atoms. The van der Waals surface area contributed by atoms with Crippen LogP contribution in [0.5, 0.6) is 5.75 Å². The van der Waals surface area contributed by atoms with E-state index in [1.807, 2.05) is 30.1 Å². The van der Waals surface area contributed by atoms with E-state index in [9.17, 15) is 5.02 Å². The van der Waals surface area contributed by atoms with E-state index in [1.54, 1.807) is 18.2 Å². The van der Waals surface area contributed by atoms with Gasteiger partial charge < -0.3 is 19.7 Å². The van der Waals surface area contributed by atoms with Gasteiger partial charge in [-0.1, -0.05) is 12.1 Å². The van der Waals surface area contributed by atoms with Gasteiger partial charge in [0.05, 0.1) is 6.61 Å². The Bertz CT molecular complexity index is 832. The molecule has 2 N–H and O–H groups in total. The second-order valence-corrected chi connectivity index (χ2v) is 7.11. The maximum Gasteiger partial charge on any atom is 0.409 e. The summed E-state index contributed by atoms with van der Waals surface area (Å²) in [5, 5.41) is 19.7. The lowest BCUT2D eigenvalue weighted by Gasteiger charge is -2.19. The van der Waals surface area contributed by atoms with E-state index >= 15 is 0 Å². The van der Waals surface area contributed by atoms with Gasteiger partial charge in [-0.25, -0.2) is 0 Å². The van der Waals surface area contributed by atoms with Gasteiger partial charge in [-0.15, -0.1) is 11.3 Å². The number of aliphatic hydroxyl groups is 1. The second kappa shape index (κ2) is 7.91. The lowest BCUT2D eigenvalue weighted by atomic mass is 9.85. The van der Waals surface area contributed by atoms with Crippen molar-refractivity contribution in [2.24, 2.45) is 0 Å². The third-order valence-corrected chi connectivity index (χ3v) is 5.33. The molecular formula is C19H22BNO3S. The highest BCUT2D eigenvalue weighted by Crippen LogP contribution is 2.36. The predicted octanol–water partition coefficient (Wildman–Crippen LogP) is 3.88. The minimum Gasteiger partial charge on any atom is -0.493 e. The zero-order valence-corrected chi connectivity index (χ0v) is 15.3. The van der Waals surface area contributed by atoms with Gasteiger partial charge in [0.1, 0.15) is 5.75 Å². The second-order valence-electron chi connectivity index (χ2n) is 6.03. The molecule has 0 aliphatic rings. The summed E-state index contributed by atoms with van der Waals surface area (Å²) in [6, 6.07) is 16.5. The van der Waals surface area contributed by atoms with Crippen molar-refractivity contribution in [1.82, 2.24) is 0 Å². The average Bonchev–Trinajstić information content (AvgIpc) is 3.04. The Morgan fingerprint density at radius 2 is 1.88 bits per heavy atom. The molecule has 1 aromatic heterocycles. The Hall–Kier alpha value is -2.02. The van der Waals surface area contributed by atoms with Crippen LogP contribution >= 0.6 is 11.3 Å². The molecular weight excluding hydrogens is 333 g/mol. The highest BCUT2D eigenvalue weighted by Gasteiger charge is 2.12. The molecule has 0 fully saturated rings. The Morgan fingerprint density at radius 1 is 1.12 bits per heavy atom. The van der Waals surface area contributed by atoms with Gasteiger partial charge >= 0.3 is 7.05 Å². The molecule has 1 heterocycles. The van der Waals surface area contributed by atoms with Crippen LogP contribution in [0, 0.1) is 0 Å². The van der Waals surface area contributed by atoms with Gasteiger partial charge in [0.25, 0.3) is 0 Å². The highest BCUT2D eigenvalue weighted by atomic mass is 32.1. The molecule has 0 amide bonds. The summed E-state index contributed by atoms with van der Waals surface area (Å²) in [4.78, 5) is 3.03. The summed E-state index contributed by atoms with van der Waals surface area (Å²) in [7, 11) is 1.36. The molecule has 4 nitrogen and oxygen atoms in total. The van der Waals surface area contributed by atoms with Crippen molar-refractivity contribution in [3.05, 3.63) is 48.5 Å². The Balaban J connectivity index is 1.81. The number of ether oxygens (including phenoxy) is 1. The van der Waals surface area contributed by atoms with Gasteiger partial charge in [-0.2, -0.15) is 0 Å². The summed E-state index contributed by atoms with van der Waals surface area (Å²) < 4.78 is 6.83. The lowest BCUT2D eigenvalue weighted by Crippen LogP contribution is -2.32. The van der Waals surface area contributed by atoms with E-state index in [0.29, 0.717) is 13.0 Å². The number of nitrogens with zero attached hydrogens (tertiary/aromatic N) is 1. The summed E-state index contributed by atoms with van der Waals surface area (Å²) >= 11 is 1.73. The third kappa shape index (κ3) is 4.15. The standard InChI is InChI=1S/C19H22BNO3S/c1-20(23)21(2)16-7-4-14(5-8-16)18-12-15-6-9-17(13-19(15)25-18)24-11-3-10-22/h4-9,12-13,22-23H,3,10-11H2,1-2H3. The number of benzene rings is 2. The molecule has 3 rings (SSSR count). The Morgan fingerprint density at radius 3 is 2.56 bits per heavy atom. The van der Waals surface area contributed by atoms with Gasteiger partial charge in [0.2, 0.25) is 0 Å². The summed E-state index contributed by atoms with van der Waals surface area (Å²) in [5.74, 6) is 0.836. The topological polar surface area (TPSA) is 52.9 Å². The maximum atomic E-state index is 9.66. The fourth-order valence-electron chi connectivity index (χ4n) is 2.57. The number of anilines is 1. The summed E-state index contributed by atoms with van der Waals surface area (Å²) in [5.41, 5.74) is 2.14. The lowest BCUT2D eigenvalue weighted by molar-refractivity contribution is 0.234. The number of aliphatic hydroxyl groups excluding tert-OH is 1. The van der Waals surface area contributed by atoms with Crippen molar-refractivity contribution in [2.75, 3.05) is 25.1 Å². The molecule has 2 aromatic carbocycles. The molecule has 25 heavy (non-hydrogen) atoms. The van der Waals surface area contributed by atoms with Crippen molar-refractivity contribution in [1.29, 1.82) is 0 Å². The van der Waals surface area contributed by atoms with Crippen LogP contribution in [0.4, 0.5) is 5.69 Å². The van der Waals surface area contributed by atoms with Gasteiger partial charge in [-0.05, 0) is 61.2 Å².